The van der Waals surface area contributed by atoms with E-state index in [9.17, 15) is 4.39 Å². The second-order valence-electron chi connectivity index (χ2n) is 2.74. The van der Waals surface area contributed by atoms with Crippen LogP contribution in [-0.2, 0) is 0 Å². The second kappa shape index (κ2) is 5.81. The average molecular weight is 259 g/mol. The van der Waals surface area contributed by atoms with Gasteiger partial charge < -0.3 is 4.74 Å². The summed E-state index contributed by atoms with van der Waals surface area (Å²) < 4.78 is 18.4. The Morgan fingerprint density at radius 2 is 2.29 bits per heavy atom. The standard InChI is InChI=1S/C11H12BrFO/c1-14-10-7-4-6-9(11(10)13)5-2-3-8-12/h2,4-7H,3,8H2,1H3/b5-2+. The molecule has 0 saturated carbocycles. The Balaban J connectivity index is 2.86. The number of hydrogen-bond acceptors (Lipinski definition) is 1. The summed E-state index contributed by atoms with van der Waals surface area (Å²) in [6.45, 7) is 0. The Hall–Kier alpha value is -0.830. The highest BCUT2D eigenvalue weighted by Gasteiger charge is 2.04. The summed E-state index contributed by atoms with van der Waals surface area (Å²) >= 11 is 3.30. The van der Waals surface area contributed by atoms with E-state index in [0.29, 0.717) is 5.56 Å². The van der Waals surface area contributed by atoms with Crippen molar-refractivity contribution in [2.24, 2.45) is 0 Å². The lowest BCUT2D eigenvalue weighted by molar-refractivity contribution is 0.386. The molecule has 0 unspecified atom stereocenters. The third-order valence-corrected chi connectivity index (χ3v) is 2.24. The van der Waals surface area contributed by atoms with Crippen LogP contribution in [0.5, 0.6) is 5.75 Å². The fourth-order valence-corrected chi connectivity index (χ4v) is 1.35. The molecule has 76 valence electrons. The number of hydrogen-bond donors (Lipinski definition) is 0. The minimum atomic E-state index is -0.305. The van der Waals surface area contributed by atoms with Crippen LogP contribution >= 0.6 is 15.9 Å². The van der Waals surface area contributed by atoms with Crippen LogP contribution in [-0.4, -0.2) is 12.4 Å². The van der Waals surface area contributed by atoms with Gasteiger partial charge in [-0.3, -0.25) is 0 Å². The Labute approximate surface area is 91.7 Å². The minimum absolute atomic E-state index is 0.283. The topological polar surface area (TPSA) is 9.23 Å². The van der Waals surface area contributed by atoms with Gasteiger partial charge in [-0.25, -0.2) is 4.39 Å². The van der Waals surface area contributed by atoms with E-state index in [1.54, 1.807) is 24.3 Å². The lowest BCUT2D eigenvalue weighted by Crippen LogP contribution is -1.90. The van der Waals surface area contributed by atoms with Crippen LogP contribution in [0.15, 0.2) is 24.3 Å². The highest BCUT2D eigenvalue weighted by Crippen LogP contribution is 2.20. The van der Waals surface area contributed by atoms with Crippen molar-refractivity contribution in [2.45, 2.75) is 6.42 Å². The van der Waals surface area contributed by atoms with Crippen molar-refractivity contribution in [3.8, 4) is 5.75 Å². The van der Waals surface area contributed by atoms with E-state index >= 15 is 0 Å². The zero-order chi connectivity index (χ0) is 10.4. The molecule has 0 N–H and O–H groups in total. The Kier molecular flexibility index (Phi) is 4.66. The second-order valence-corrected chi connectivity index (χ2v) is 3.54. The number of alkyl halides is 1. The molecule has 3 heteroatoms. The maximum atomic E-state index is 13.5. The van der Waals surface area contributed by atoms with E-state index in [2.05, 4.69) is 15.9 Å². The van der Waals surface area contributed by atoms with Crippen LogP contribution in [0.4, 0.5) is 4.39 Å². The van der Waals surface area contributed by atoms with Crippen molar-refractivity contribution < 1.29 is 9.13 Å². The zero-order valence-electron chi connectivity index (χ0n) is 7.97. The van der Waals surface area contributed by atoms with Gasteiger partial charge in [-0.05, 0) is 12.5 Å². The molecule has 1 aromatic rings. The van der Waals surface area contributed by atoms with Gasteiger partial charge >= 0.3 is 0 Å². The van der Waals surface area contributed by atoms with Crippen molar-refractivity contribution in [1.82, 2.24) is 0 Å². The van der Waals surface area contributed by atoms with Crippen LogP contribution in [0.2, 0.25) is 0 Å². The quantitative estimate of drug-likeness (QED) is 0.750. The molecule has 0 aliphatic carbocycles. The van der Waals surface area contributed by atoms with Gasteiger partial charge in [0, 0.05) is 10.9 Å². The fourth-order valence-electron chi connectivity index (χ4n) is 1.09. The number of benzene rings is 1. The van der Waals surface area contributed by atoms with Gasteiger partial charge in [0.15, 0.2) is 11.6 Å². The van der Waals surface area contributed by atoms with Crippen LogP contribution in [0.1, 0.15) is 12.0 Å². The maximum absolute atomic E-state index is 13.5. The zero-order valence-corrected chi connectivity index (χ0v) is 9.55. The van der Waals surface area contributed by atoms with Crippen molar-refractivity contribution in [3.63, 3.8) is 0 Å². The molecule has 0 fully saturated rings. The molecule has 1 rings (SSSR count). The Bertz CT molecular complexity index is 323. The van der Waals surface area contributed by atoms with Gasteiger partial charge in [0.1, 0.15) is 0 Å². The Morgan fingerprint density at radius 1 is 1.50 bits per heavy atom. The van der Waals surface area contributed by atoms with Gasteiger partial charge in [-0.1, -0.05) is 40.2 Å². The number of methoxy groups -OCH3 is 1. The fraction of sp³-hybridized carbons (Fsp3) is 0.273. The predicted octanol–water partition coefficient (Wildman–Crippen LogP) is 3.63. The van der Waals surface area contributed by atoms with E-state index in [4.69, 9.17) is 4.74 Å². The normalized spacial score (nSPS) is 10.8. The molecular weight excluding hydrogens is 247 g/mol. The average Bonchev–Trinajstić information content (AvgIpc) is 2.21. The molecule has 0 aromatic heterocycles. The number of allylic oxidation sites excluding steroid dienone is 1. The summed E-state index contributed by atoms with van der Waals surface area (Å²) in [5.41, 5.74) is 0.560. The largest absolute Gasteiger partial charge is 0.494 e. The van der Waals surface area contributed by atoms with E-state index in [0.717, 1.165) is 11.8 Å². The van der Waals surface area contributed by atoms with Crippen molar-refractivity contribution in [3.05, 3.63) is 35.7 Å². The van der Waals surface area contributed by atoms with Crippen LogP contribution in [0, 0.1) is 5.82 Å². The summed E-state index contributed by atoms with van der Waals surface area (Å²) in [5.74, 6) is -0.0215. The van der Waals surface area contributed by atoms with Crippen LogP contribution in [0.3, 0.4) is 0 Å². The summed E-state index contributed by atoms with van der Waals surface area (Å²) in [6.07, 6.45) is 4.57. The molecule has 0 atom stereocenters. The summed E-state index contributed by atoms with van der Waals surface area (Å²) in [5, 5.41) is 0.884. The molecular formula is C11H12BrFO. The molecule has 0 bridgehead atoms. The lowest BCUT2D eigenvalue weighted by atomic mass is 10.2. The summed E-state index contributed by atoms with van der Waals surface area (Å²) in [4.78, 5) is 0. The minimum Gasteiger partial charge on any atom is -0.494 e. The van der Waals surface area contributed by atoms with Gasteiger partial charge in [-0.2, -0.15) is 0 Å². The monoisotopic (exact) mass is 258 g/mol. The van der Waals surface area contributed by atoms with Crippen molar-refractivity contribution >= 4 is 22.0 Å². The van der Waals surface area contributed by atoms with Gasteiger partial charge in [-0.15, -0.1) is 0 Å². The highest BCUT2D eigenvalue weighted by atomic mass is 79.9. The number of ether oxygens (including phenoxy) is 1. The molecule has 1 aromatic carbocycles. The molecule has 0 radical (unpaired) electrons. The van der Waals surface area contributed by atoms with Crippen LogP contribution < -0.4 is 4.74 Å². The van der Waals surface area contributed by atoms with E-state index < -0.39 is 0 Å². The van der Waals surface area contributed by atoms with E-state index in [1.165, 1.54) is 7.11 Å². The van der Waals surface area contributed by atoms with Gasteiger partial charge in [0.2, 0.25) is 0 Å². The maximum Gasteiger partial charge on any atom is 0.172 e. The number of halogens is 2. The van der Waals surface area contributed by atoms with Crippen molar-refractivity contribution in [2.75, 3.05) is 12.4 Å². The molecule has 0 heterocycles. The first kappa shape index (κ1) is 11.2. The molecule has 14 heavy (non-hydrogen) atoms. The number of rotatable bonds is 4. The highest BCUT2D eigenvalue weighted by molar-refractivity contribution is 9.09. The first-order valence-corrected chi connectivity index (χ1v) is 5.46. The molecule has 1 nitrogen and oxygen atoms in total. The first-order valence-electron chi connectivity index (χ1n) is 4.34. The SMILES string of the molecule is COc1cccc(/C=C/CCBr)c1F. The summed E-state index contributed by atoms with van der Waals surface area (Å²) in [7, 11) is 1.46. The molecule has 0 aliphatic rings. The van der Waals surface area contributed by atoms with Crippen molar-refractivity contribution in [1.29, 1.82) is 0 Å². The third-order valence-electron chi connectivity index (χ3n) is 1.79. The van der Waals surface area contributed by atoms with E-state index in [1.807, 2.05) is 6.08 Å². The summed E-state index contributed by atoms with van der Waals surface area (Å²) in [6, 6.07) is 5.11. The molecule has 0 spiro atoms. The lowest BCUT2D eigenvalue weighted by Gasteiger charge is -2.03. The van der Waals surface area contributed by atoms with E-state index in [-0.39, 0.29) is 11.6 Å². The first-order chi connectivity index (χ1) is 6.79. The van der Waals surface area contributed by atoms with Crippen LogP contribution in [0.25, 0.3) is 6.08 Å². The van der Waals surface area contributed by atoms with Gasteiger partial charge in [0.25, 0.3) is 0 Å². The molecule has 0 saturated heterocycles. The predicted molar refractivity (Wildman–Crippen MR) is 60.4 cm³/mol. The molecule has 0 aliphatic heterocycles. The van der Waals surface area contributed by atoms with Gasteiger partial charge in [0.05, 0.1) is 7.11 Å². The smallest absolute Gasteiger partial charge is 0.172 e. The third kappa shape index (κ3) is 2.84. The Morgan fingerprint density at radius 3 is 2.93 bits per heavy atom. The molecule has 0 amide bonds.